The average molecular weight is 273 g/mol. The third kappa shape index (κ3) is 4.20. The molecule has 4 nitrogen and oxygen atoms in total. The summed E-state index contributed by atoms with van der Waals surface area (Å²) in [5, 5.41) is 5.93. The van der Waals surface area contributed by atoms with Gasteiger partial charge in [0.05, 0.1) is 17.3 Å². The van der Waals surface area contributed by atoms with Crippen molar-refractivity contribution in [2.45, 2.75) is 13.8 Å². The van der Waals surface area contributed by atoms with Crippen LogP contribution in [-0.4, -0.2) is 17.8 Å². The second kappa shape index (κ2) is 6.42. The number of rotatable bonds is 2. The zero-order valence-electron chi connectivity index (χ0n) is 9.54. The molecule has 0 unspecified atom stereocenters. The van der Waals surface area contributed by atoms with Crippen LogP contribution in [0.5, 0.6) is 0 Å². The van der Waals surface area contributed by atoms with Crippen molar-refractivity contribution < 1.29 is 9.53 Å². The maximum absolute atomic E-state index is 11.1. The third-order valence-corrected chi connectivity index (χ3v) is 2.47. The Labute approximate surface area is 110 Å². The van der Waals surface area contributed by atoms with E-state index in [1.807, 2.05) is 19.1 Å². The highest BCUT2D eigenvalue weighted by atomic mass is 35.5. The summed E-state index contributed by atoms with van der Waals surface area (Å²) in [6, 6.07) is 5.47. The standard InChI is InChI=1S/C11H13ClN2O2S/c1-3-16-11(15)14-10(17)13-9-7(2)5-4-6-8(9)12/h4-6H,3H2,1-2H3,(H2,13,14,15,17). The lowest BCUT2D eigenvalue weighted by Crippen LogP contribution is -2.34. The van der Waals surface area contributed by atoms with Crippen LogP contribution >= 0.6 is 23.8 Å². The zero-order valence-corrected chi connectivity index (χ0v) is 11.1. The van der Waals surface area contributed by atoms with E-state index in [1.54, 1.807) is 13.0 Å². The molecule has 1 amide bonds. The molecule has 0 fully saturated rings. The van der Waals surface area contributed by atoms with Gasteiger partial charge in [0.25, 0.3) is 0 Å². The fourth-order valence-corrected chi connectivity index (χ4v) is 1.65. The van der Waals surface area contributed by atoms with E-state index < -0.39 is 6.09 Å². The van der Waals surface area contributed by atoms with Crippen molar-refractivity contribution >= 4 is 40.7 Å². The number of para-hydroxylation sites is 1. The molecule has 17 heavy (non-hydrogen) atoms. The fraction of sp³-hybridized carbons (Fsp3) is 0.273. The van der Waals surface area contributed by atoms with Gasteiger partial charge in [-0.1, -0.05) is 23.7 Å². The van der Waals surface area contributed by atoms with Crippen LogP contribution in [0.25, 0.3) is 0 Å². The maximum Gasteiger partial charge on any atom is 0.413 e. The topological polar surface area (TPSA) is 50.4 Å². The van der Waals surface area contributed by atoms with Gasteiger partial charge in [-0.3, -0.25) is 5.32 Å². The number of hydrogen-bond acceptors (Lipinski definition) is 3. The molecule has 6 heteroatoms. The normalized spacial score (nSPS) is 9.59. The largest absolute Gasteiger partial charge is 0.450 e. The highest BCUT2D eigenvalue weighted by Gasteiger charge is 2.08. The van der Waals surface area contributed by atoms with Gasteiger partial charge in [-0.15, -0.1) is 0 Å². The van der Waals surface area contributed by atoms with Crippen molar-refractivity contribution in [2.75, 3.05) is 11.9 Å². The molecule has 0 aliphatic heterocycles. The second-order valence-corrected chi connectivity index (χ2v) is 4.05. The molecule has 0 spiro atoms. The third-order valence-electron chi connectivity index (χ3n) is 1.95. The summed E-state index contributed by atoms with van der Waals surface area (Å²) in [6.45, 7) is 3.90. The number of hydrogen-bond donors (Lipinski definition) is 2. The van der Waals surface area contributed by atoms with Crippen LogP contribution in [0.4, 0.5) is 10.5 Å². The highest BCUT2D eigenvalue weighted by Crippen LogP contribution is 2.24. The quantitative estimate of drug-likeness (QED) is 0.813. The van der Waals surface area contributed by atoms with Gasteiger partial charge in [-0.05, 0) is 37.7 Å². The number of halogens is 1. The summed E-state index contributed by atoms with van der Waals surface area (Å²) in [5.41, 5.74) is 1.61. The van der Waals surface area contributed by atoms with Crippen molar-refractivity contribution in [1.29, 1.82) is 0 Å². The van der Waals surface area contributed by atoms with Gasteiger partial charge in [0.2, 0.25) is 0 Å². The molecule has 0 aromatic heterocycles. The van der Waals surface area contributed by atoms with Gasteiger partial charge in [0, 0.05) is 0 Å². The van der Waals surface area contributed by atoms with E-state index in [4.69, 9.17) is 28.6 Å². The molecule has 1 aromatic carbocycles. The number of carbonyl (C=O) groups is 1. The van der Waals surface area contributed by atoms with Crippen LogP contribution in [0.3, 0.4) is 0 Å². The van der Waals surface area contributed by atoms with E-state index >= 15 is 0 Å². The summed E-state index contributed by atoms with van der Waals surface area (Å²) in [4.78, 5) is 11.1. The van der Waals surface area contributed by atoms with Crippen molar-refractivity contribution in [3.8, 4) is 0 Å². The molecule has 0 heterocycles. The first kappa shape index (κ1) is 13.7. The zero-order chi connectivity index (χ0) is 12.8. The Morgan fingerprint density at radius 3 is 2.82 bits per heavy atom. The van der Waals surface area contributed by atoms with Crippen molar-refractivity contribution in [1.82, 2.24) is 5.32 Å². The number of carbonyl (C=O) groups excluding carboxylic acids is 1. The van der Waals surface area contributed by atoms with Crippen molar-refractivity contribution in [2.24, 2.45) is 0 Å². The fourth-order valence-electron chi connectivity index (χ4n) is 1.19. The monoisotopic (exact) mass is 272 g/mol. The SMILES string of the molecule is CCOC(=O)NC(=S)Nc1c(C)cccc1Cl. The molecule has 0 bridgehead atoms. The van der Waals surface area contributed by atoms with E-state index in [0.29, 0.717) is 17.3 Å². The Morgan fingerprint density at radius 2 is 2.24 bits per heavy atom. The lowest BCUT2D eigenvalue weighted by atomic mass is 10.2. The average Bonchev–Trinajstić information content (AvgIpc) is 2.24. The van der Waals surface area contributed by atoms with Crippen LogP contribution in [0, 0.1) is 6.92 Å². The molecule has 0 aliphatic rings. The molecule has 1 rings (SSSR count). The second-order valence-electron chi connectivity index (χ2n) is 3.23. The van der Waals surface area contributed by atoms with Gasteiger partial charge in [0.15, 0.2) is 5.11 Å². The van der Waals surface area contributed by atoms with E-state index in [9.17, 15) is 4.79 Å². The van der Waals surface area contributed by atoms with Gasteiger partial charge in [0.1, 0.15) is 0 Å². The maximum atomic E-state index is 11.1. The molecule has 2 N–H and O–H groups in total. The summed E-state index contributed by atoms with van der Waals surface area (Å²) in [7, 11) is 0. The number of ether oxygens (including phenoxy) is 1. The number of thiocarbonyl (C=S) groups is 1. The molecule has 0 aliphatic carbocycles. The van der Waals surface area contributed by atoms with Gasteiger partial charge >= 0.3 is 6.09 Å². The van der Waals surface area contributed by atoms with E-state index in [1.165, 1.54) is 0 Å². The van der Waals surface area contributed by atoms with Gasteiger partial charge < -0.3 is 10.1 Å². The first-order valence-electron chi connectivity index (χ1n) is 5.04. The van der Waals surface area contributed by atoms with Crippen LogP contribution in [0.1, 0.15) is 12.5 Å². The highest BCUT2D eigenvalue weighted by molar-refractivity contribution is 7.80. The van der Waals surface area contributed by atoms with Crippen LogP contribution in [0.2, 0.25) is 5.02 Å². The Kier molecular flexibility index (Phi) is 5.18. The minimum absolute atomic E-state index is 0.152. The summed E-state index contributed by atoms with van der Waals surface area (Å²) >= 11 is 11.0. The van der Waals surface area contributed by atoms with E-state index in [0.717, 1.165) is 5.56 Å². The number of benzene rings is 1. The summed E-state index contributed by atoms with van der Waals surface area (Å²) in [6.07, 6.45) is -0.588. The van der Waals surface area contributed by atoms with E-state index in [2.05, 4.69) is 10.6 Å². The Bertz CT molecular complexity index is 417. The number of anilines is 1. The number of amides is 1. The Morgan fingerprint density at radius 1 is 1.53 bits per heavy atom. The molecule has 0 atom stereocenters. The summed E-state index contributed by atoms with van der Waals surface area (Å²) in [5.74, 6) is 0. The molecule has 0 saturated carbocycles. The number of aryl methyl sites for hydroxylation is 1. The lowest BCUT2D eigenvalue weighted by molar-refractivity contribution is 0.158. The lowest BCUT2D eigenvalue weighted by Gasteiger charge is -2.12. The van der Waals surface area contributed by atoms with Crippen molar-refractivity contribution in [3.05, 3.63) is 28.8 Å². The number of alkyl carbamates (subject to hydrolysis) is 1. The minimum atomic E-state index is -0.588. The van der Waals surface area contributed by atoms with E-state index in [-0.39, 0.29) is 5.11 Å². The molecule has 92 valence electrons. The molecule has 0 saturated heterocycles. The van der Waals surface area contributed by atoms with Gasteiger partial charge in [-0.25, -0.2) is 4.79 Å². The predicted octanol–water partition coefficient (Wildman–Crippen LogP) is 3.09. The molecular formula is C11H13ClN2O2S. The molecular weight excluding hydrogens is 260 g/mol. The predicted molar refractivity (Wildman–Crippen MR) is 72.6 cm³/mol. The Hall–Kier alpha value is -1.33. The molecule has 1 aromatic rings. The molecule has 0 radical (unpaired) electrons. The summed E-state index contributed by atoms with van der Waals surface area (Å²) < 4.78 is 4.70. The van der Waals surface area contributed by atoms with Crippen LogP contribution in [0.15, 0.2) is 18.2 Å². The van der Waals surface area contributed by atoms with Gasteiger partial charge in [-0.2, -0.15) is 0 Å². The first-order chi connectivity index (χ1) is 8.04. The van der Waals surface area contributed by atoms with Crippen molar-refractivity contribution in [3.63, 3.8) is 0 Å². The Balaban J connectivity index is 2.65. The smallest absolute Gasteiger partial charge is 0.413 e. The number of nitrogens with one attached hydrogen (secondary N) is 2. The first-order valence-corrected chi connectivity index (χ1v) is 5.83. The van der Waals surface area contributed by atoms with Crippen LogP contribution < -0.4 is 10.6 Å². The minimum Gasteiger partial charge on any atom is -0.450 e. The van der Waals surface area contributed by atoms with Crippen LogP contribution in [-0.2, 0) is 4.74 Å².